The number of rotatable bonds is 3. The number of guanidine groups is 1. The summed E-state index contributed by atoms with van der Waals surface area (Å²) in [6, 6.07) is 6.16. The molecular weight excluding hydrogens is 397 g/mol. The van der Waals surface area contributed by atoms with E-state index in [1.54, 1.807) is 18.3 Å². The lowest BCUT2D eigenvalue weighted by atomic mass is 9.94. The van der Waals surface area contributed by atoms with E-state index in [1.165, 1.54) is 12.5 Å². The van der Waals surface area contributed by atoms with Crippen LogP contribution >= 0.6 is 0 Å². The van der Waals surface area contributed by atoms with Crippen LogP contribution in [0.25, 0.3) is 0 Å². The van der Waals surface area contributed by atoms with Crippen molar-refractivity contribution in [1.82, 2.24) is 15.2 Å². The van der Waals surface area contributed by atoms with Crippen molar-refractivity contribution in [1.29, 1.82) is 10.5 Å². The molecule has 1 saturated heterocycles. The fourth-order valence-corrected chi connectivity index (χ4v) is 4.04. The highest BCUT2D eigenvalue weighted by Gasteiger charge is 2.30. The first kappa shape index (κ1) is 20.4. The second-order valence-corrected chi connectivity index (χ2v) is 7.59. The molecule has 31 heavy (non-hydrogen) atoms. The number of fused-ring (bicyclic) bond motifs is 1. The van der Waals surface area contributed by atoms with Gasteiger partial charge in [-0.3, -0.25) is 10.2 Å². The van der Waals surface area contributed by atoms with Gasteiger partial charge in [-0.05, 0) is 37.6 Å². The monoisotopic (exact) mass is 419 g/mol. The lowest BCUT2D eigenvalue weighted by Crippen LogP contribution is -2.33. The van der Waals surface area contributed by atoms with Crippen LogP contribution in [0.15, 0.2) is 23.2 Å². The standard InChI is InChI=1S/C21H22FN9/c22-15-8-12(4-5-13(15)10-31-6-2-1-3-7-31)18-16-17(25)14(9-23)19(26)29-20(16)30-21(28-18)27-11-24/h4-5,8,18H,1-3,6-7,10H2,(H6,25,26,27,28,29,30). The van der Waals surface area contributed by atoms with E-state index in [4.69, 9.17) is 16.7 Å². The number of anilines is 3. The predicted octanol–water partition coefficient (Wildman–Crippen LogP) is 2.18. The predicted molar refractivity (Wildman–Crippen MR) is 115 cm³/mol. The summed E-state index contributed by atoms with van der Waals surface area (Å²) in [5.41, 5.74) is 13.8. The average Bonchev–Trinajstić information content (AvgIpc) is 2.76. The normalized spacial score (nSPS) is 18.2. The average molecular weight is 419 g/mol. The molecule has 1 unspecified atom stereocenters. The van der Waals surface area contributed by atoms with Crippen LogP contribution in [0, 0.1) is 28.6 Å². The molecule has 1 atom stereocenters. The van der Waals surface area contributed by atoms with E-state index in [0.29, 0.717) is 23.2 Å². The zero-order chi connectivity index (χ0) is 22.0. The first-order chi connectivity index (χ1) is 15.0. The van der Waals surface area contributed by atoms with Gasteiger partial charge in [-0.25, -0.2) is 14.4 Å². The van der Waals surface area contributed by atoms with Crippen LogP contribution in [-0.4, -0.2) is 28.9 Å². The summed E-state index contributed by atoms with van der Waals surface area (Å²) < 4.78 is 15.0. The maximum absolute atomic E-state index is 15.0. The summed E-state index contributed by atoms with van der Waals surface area (Å²) in [4.78, 5) is 10.9. The molecule has 2 aliphatic rings. The Bertz CT molecular complexity index is 1120. The van der Waals surface area contributed by atoms with Gasteiger partial charge in [-0.15, -0.1) is 0 Å². The molecule has 2 aliphatic heterocycles. The van der Waals surface area contributed by atoms with Crippen molar-refractivity contribution in [2.75, 3.05) is 29.9 Å². The third-order valence-corrected chi connectivity index (χ3v) is 5.59. The van der Waals surface area contributed by atoms with E-state index in [1.807, 2.05) is 6.07 Å². The van der Waals surface area contributed by atoms with E-state index < -0.39 is 6.04 Å². The number of nitrogen functional groups attached to an aromatic ring is 2. The molecule has 0 amide bonds. The zero-order valence-electron chi connectivity index (χ0n) is 16.8. The fourth-order valence-electron chi connectivity index (χ4n) is 4.04. The quantitative estimate of drug-likeness (QED) is 0.436. The lowest BCUT2D eigenvalue weighted by molar-refractivity contribution is 0.218. The molecule has 1 aromatic carbocycles. The molecule has 0 saturated carbocycles. The Kier molecular flexibility index (Phi) is 5.56. The molecule has 0 aliphatic carbocycles. The number of hydrogen-bond acceptors (Lipinski definition) is 9. The Labute approximate surface area is 179 Å². The summed E-state index contributed by atoms with van der Waals surface area (Å²) in [7, 11) is 0. The lowest BCUT2D eigenvalue weighted by Gasteiger charge is -2.28. The number of aromatic nitrogens is 1. The molecule has 6 N–H and O–H groups in total. The maximum Gasteiger partial charge on any atom is 0.211 e. The van der Waals surface area contributed by atoms with Crippen molar-refractivity contribution < 1.29 is 4.39 Å². The zero-order valence-corrected chi connectivity index (χ0v) is 16.8. The molecule has 2 aromatic rings. The molecule has 1 fully saturated rings. The molecule has 3 heterocycles. The number of nitriles is 2. The molecule has 0 spiro atoms. The number of likely N-dealkylation sites (tertiary alicyclic amines) is 1. The summed E-state index contributed by atoms with van der Waals surface area (Å²) in [5.74, 6) is 0.0280. The van der Waals surface area contributed by atoms with Gasteiger partial charge in [0.1, 0.15) is 35.1 Å². The summed E-state index contributed by atoms with van der Waals surface area (Å²) in [6.07, 6.45) is 5.27. The van der Waals surface area contributed by atoms with Gasteiger partial charge in [0.2, 0.25) is 5.96 Å². The van der Waals surface area contributed by atoms with E-state index in [0.717, 1.165) is 25.9 Å². The van der Waals surface area contributed by atoms with Crippen LogP contribution in [0.5, 0.6) is 0 Å². The van der Waals surface area contributed by atoms with Crippen molar-refractivity contribution >= 4 is 23.3 Å². The number of hydrogen-bond donors (Lipinski definition) is 4. The molecule has 158 valence electrons. The minimum atomic E-state index is -0.758. The Balaban J connectivity index is 1.73. The highest BCUT2D eigenvalue weighted by Crippen LogP contribution is 2.40. The van der Waals surface area contributed by atoms with Gasteiger partial charge in [0.15, 0.2) is 6.19 Å². The third kappa shape index (κ3) is 3.93. The largest absolute Gasteiger partial charge is 0.397 e. The minimum absolute atomic E-state index is 0.0359. The number of nitrogens with one attached hydrogen (secondary N) is 2. The molecule has 0 radical (unpaired) electrons. The summed E-state index contributed by atoms with van der Waals surface area (Å²) in [6.45, 7) is 2.49. The fraction of sp³-hybridized carbons (Fsp3) is 0.333. The number of benzene rings is 1. The topological polar surface area (TPSA) is 152 Å². The van der Waals surface area contributed by atoms with E-state index in [2.05, 4.69) is 25.5 Å². The SMILES string of the molecule is N#CNC1=NC(c2ccc(CN3CCCCC3)c(F)c2)c2c(nc(N)c(C#N)c2N)N1. The molecule has 0 bridgehead atoms. The van der Waals surface area contributed by atoms with Gasteiger partial charge >= 0.3 is 0 Å². The molecule has 9 nitrogen and oxygen atoms in total. The number of aliphatic imine (C=N–C) groups is 1. The van der Waals surface area contributed by atoms with Crippen molar-refractivity contribution in [3.8, 4) is 12.3 Å². The Hall–Kier alpha value is -3.89. The van der Waals surface area contributed by atoms with E-state index in [-0.39, 0.29) is 34.7 Å². The smallest absolute Gasteiger partial charge is 0.211 e. The Morgan fingerprint density at radius 3 is 2.68 bits per heavy atom. The van der Waals surface area contributed by atoms with Crippen LogP contribution in [0.3, 0.4) is 0 Å². The van der Waals surface area contributed by atoms with Crippen LogP contribution in [0.4, 0.5) is 21.7 Å². The highest BCUT2D eigenvalue weighted by molar-refractivity contribution is 5.98. The highest BCUT2D eigenvalue weighted by atomic mass is 19.1. The van der Waals surface area contributed by atoms with Crippen molar-refractivity contribution in [2.24, 2.45) is 4.99 Å². The molecule has 10 heteroatoms. The summed E-state index contributed by atoms with van der Waals surface area (Å²) >= 11 is 0. The van der Waals surface area contributed by atoms with Gasteiger partial charge in [0, 0.05) is 17.7 Å². The van der Waals surface area contributed by atoms with Gasteiger partial charge in [0.05, 0.1) is 5.69 Å². The van der Waals surface area contributed by atoms with Crippen molar-refractivity contribution in [3.05, 3.63) is 46.3 Å². The Morgan fingerprint density at radius 1 is 1.23 bits per heavy atom. The Morgan fingerprint density at radius 2 is 2.00 bits per heavy atom. The van der Waals surface area contributed by atoms with E-state index >= 15 is 4.39 Å². The van der Waals surface area contributed by atoms with Gasteiger partial charge < -0.3 is 16.8 Å². The number of nitrogens with zero attached hydrogens (tertiary/aromatic N) is 5. The number of halogens is 1. The van der Waals surface area contributed by atoms with Crippen molar-refractivity contribution in [2.45, 2.75) is 31.8 Å². The number of pyridine rings is 1. The number of piperidine rings is 1. The van der Waals surface area contributed by atoms with E-state index in [9.17, 15) is 5.26 Å². The molecular formula is C21H22FN9. The first-order valence-corrected chi connectivity index (χ1v) is 10.0. The second-order valence-electron chi connectivity index (χ2n) is 7.59. The summed E-state index contributed by atoms with van der Waals surface area (Å²) in [5, 5.41) is 23.7. The van der Waals surface area contributed by atoms with Crippen molar-refractivity contribution in [3.63, 3.8) is 0 Å². The van der Waals surface area contributed by atoms with Crippen LogP contribution in [0.1, 0.15) is 47.6 Å². The van der Waals surface area contributed by atoms with Gasteiger partial charge in [0.25, 0.3) is 0 Å². The van der Waals surface area contributed by atoms with Crippen LogP contribution in [0.2, 0.25) is 0 Å². The van der Waals surface area contributed by atoms with Gasteiger partial charge in [-0.1, -0.05) is 18.6 Å². The maximum atomic E-state index is 15.0. The minimum Gasteiger partial charge on any atom is -0.397 e. The molecule has 1 aromatic heterocycles. The van der Waals surface area contributed by atoms with Crippen LogP contribution < -0.4 is 22.1 Å². The van der Waals surface area contributed by atoms with Gasteiger partial charge in [-0.2, -0.15) is 10.5 Å². The van der Waals surface area contributed by atoms with Crippen LogP contribution in [-0.2, 0) is 6.54 Å². The molecule has 4 rings (SSSR count). The third-order valence-electron chi connectivity index (χ3n) is 5.59. The number of nitrogens with two attached hydrogens (primary N) is 2. The first-order valence-electron chi connectivity index (χ1n) is 10.0. The second kappa shape index (κ2) is 8.46.